The molecule has 2 nitrogen and oxygen atoms in total. The first kappa shape index (κ1) is 14.4. The second kappa shape index (κ2) is 6.05. The fourth-order valence-electron chi connectivity index (χ4n) is 4.04. The second-order valence-corrected chi connectivity index (χ2v) is 6.34. The zero-order valence-electron chi connectivity index (χ0n) is 12.8. The van der Waals surface area contributed by atoms with Crippen LogP contribution in [0.2, 0.25) is 0 Å². The number of carbonyl (C=O) groups is 1. The molecule has 0 aliphatic heterocycles. The Kier molecular flexibility index (Phi) is 4.14. The molecule has 1 aromatic rings. The molecular weight excluding hydrogens is 260 g/mol. The highest BCUT2D eigenvalue weighted by atomic mass is 16.5. The van der Waals surface area contributed by atoms with E-state index >= 15 is 0 Å². The van der Waals surface area contributed by atoms with Gasteiger partial charge >= 0.3 is 0 Å². The van der Waals surface area contributed by atoms with Crippen molar-refractivity contribution in [2.24, 2.45) is 11.3 Å². The molecule has 3 rings (SSSR count). The van der Waals surface area contributed by atoms with E-state index in [1.807, 2.05) is 13.0 Å². The van der Waals surface area contributed by atoms with Gasteiger partial charge in [-0.05, 0) is 50.2 Å². The predicted octanol–water partition coefficient (Wildman–Crippen LogP) is 4.30. The number of Topliss-reactive ketones (excluding diaryl/α,β-unsaturated/α-hetero) is 1. The summed E-state index contributed by atoms with van der Waals surface area (Å²) in [5.41, 5.74) is 1.10. The highest BCUT2D eigenvalue weighted by molar-refractivity contribution is 5.86. The summed E-state index contributed by atoms with van der Waals surface area (Å²) in [5, 5.41) is 0. The molecule has 0 saturated heterocycles. The van der Waals surface area contributed by atoms with Gasteiger partial charge in [-0.15, -0.1) is 0 Å². The van der Waals surface area contributed by atoms with Gasteiger partial charge in [0.2, 0.25) is 0 Å². The minimum atomic E-state index is -0.180. The van der Waals surface area contributed by atoms with E-state index in [4.69, 9.17) is 4.74 Å². The third-order valence-electron chi connectivity index (χ3n) is 5.13. The van der Waals surface area contributed by atoms with Crippen LogP contribution in [0.5, 0.6) is 0 Å². The lowest BCUT2D eigenvalue weighted by atomic mass is 9.58. The van der Waals surface area contributed by atoms with Crippen LogP contribution in [0.3, 0.4) is 0 Å². The SMILES string of the molecule is CCOC1=CCC2(Cc3ccccc3)C(=O)CCCC2C1. The number of benzene rings is 1. The molecule has 0 N–H and O–H groups in total. The summed E-state index contributed by atoms with van der Waals surface area (Å²) < 4.78 is 5.71. The fraction of sp³-hybridized carbons (Fsp3) is 0.526. The van der Waals surface area contributed by atoms with Gasteiger partial charge < -0.3 is 4.74 Å². The molecule has 0 radical (unpaired) electrons. The maximum absolute atomic E-state index is 12.7. The second-order valence-electron chi connectivity index (χ2n) is 6.34. The Hall–Kier alpha value is -1.57. The number of hydrogen-bond acceptors (Lipinski definition) is 2. The largest absolute Gasteiger partial charge is 0.499 e. The van der Waals surface area contributed by atoms with Crippen LogP contribution in [-0.4, -0.2) is 12.4 Å². The Morgan fingerprint density at radius 2 is 2.10 bits per heavy atom. The van der Waals surface area contributed by atoms with E-state index in [0.29, 0.717) is 11.7 Å². The van der Waals surface area contributed by atoms with E-state index in [9.17, 15) is 4.79 Å². The van der Waals surface area contributed by atoms with Crippen LogP contribution in [0, 0.1) is 11.3 Å². The summed E-state index contributed by atoms with van der Waals surface area (Å²) in [6, 6.07) is 10.5. The van der Waals surface area contributed by atoms with Crippen molar-refractivity contribution in [2.45, 2.75) is 45.4 Å². The average Bonchev–Trinajstić information content (AvgIpc) is 2.50. The van der Waals surface area contributed by atoms with E-state index in [1.54, 1.807) is 0 Å². The van der Waals surface area contributed by atoms with Crippen molar-refractivity contribution in [3.8, 4) is 0 Å². The van der Waals surface area contributed by atoms with Crippen molar-refractivity contribution in [3.05, 3.63) is 47.7 Å². The summed E-state index contributed by atoms with van der Waals surface area (Å²) in [6.07, 6.45) is 7.79. The van der Waals surface area contributed by atoms with Gasteiger partial charge in [0.25, 0.3) is 0 Å². The number of hydrogen-bond donors (Lipinski definition) is 0. The summed E-state index contributed by atoms with van der Waals surface area (Å²) in [4.78, 5) is 12.7. The van der Waals surface area contributed by atoms with Crippen LogP contribution in [0.15, 0.2) is 42.2 Å². The first-order valence-corrected chi connectivity index (χ1v) is 8.13. The van der Waals surface area contributed by atoms with Gasteiger partial charge in [0.1, 0.15) is 5.78 Å². The maximum Gasteiger partial charge on any atom is 0.139 e. The number of rotatable bonds is 4. The standard InChI is InChI=1S/C19H24O2/c1-2-21-17-11-12-19(14-15-7-4-3-5-8-15)16(13-17)9-6-10-18(19)20/h3-5,7-8,11,16H,2,6,9-10,12-14H2,1H3. The third-order valence-corrected chi connectivity index (χ3v) is 5.13. The fourth-order valence-corrected chi connectivity index (χ4v) is 4.04. The first-order chi connectivity index (χ1) is 10.2. The van der Waals surface area contributed by atoms with Crippen molar-refractivity contribution < 1.29 is 9.53 Å². The van der Waals surface area contributed by atoms with Gasteiger partial charge in [0, 0.05) is 18.3 Å². The van der Waals surface area contributed by atoms with Gasteiger partial charge in [-0.1, -0.05) is 30.3 Å². The lowest BCUT2D eigenvalue weighted by Crippen LogP contribution is -2.45. The summed E-state index contributed by atoms with van der Waals surface area (Å²) in [6.45, 7) is 2.75. The Labute approximate surface area is 127 Å². The Morgan fingerprint density at radius 1 is 1.29 bits per heavy atom. The first-order valence-electron chi connectivity index (χ1n) is 8.13. The Morgan fingerprint density at radius 3 is 2.86 bits per heavy atom. The molecule has 21 heavy (non-hydrogen) atoms. The van der Waals surface area contributed by atoms with E-state index < -0.39 is 0 Å². The molecule has 2 aliphatic rings. The van der Waals surface area contributed by atoms with Gasteiger partial charge in [0.15, 0.2) is 0 Å². The van der Waals surface area contributed by atoms with Gasteiger partial charge in [-0.25, -0.2) is 0 Å². The highest BCUT2D eigenvalue weighted by Crippen LogP contribution is 2.50. The zero-order valence-corrected chi connectivity index (χ0v) is 12.8. The van der Waals surface area contributed by atoms with Crippen molar-refractivity contribution in [1.82, 2.24) is 0 Å². The highest BCUT2D eigenvalue weighted by Gasteiger charge is 2.48. The lowest BCUT2D eigenvalue weighted by Gasteiger charge is -2.45. The predicted molar refractivity (Wildman–Crippen MR) is 83.9 cm³/mol. The summed E-state index contributed by atoms with van der Waals surface area (Å²) >= 11 is 0. The minimum Gasteiger partial charge on any atom is -0.499 e. The molecule has 2 unspecified atom stereocenters. The monoisotopic (exact) mass is 284 g/mol. The molecule has 0 heterocycles. The van der Waals surface area contributed by atoms with Gasteiger partial charge in [0.05, 0.1) is 12.4 Å². The maximum atomic E-state index is 12.7. The molecule has 2 heteroatoms. The van der Waals surface area contributed by atoms with Crippen LogP contribution in [-0.2, 0) is 16.0 Å². The van der Waals surface area contributed by atoms with E-state index in [1.165, 1.54) is 5.56 Å². The Balaban J connectivity index is 1.89. The summed E-state index contributed by atoms with van der Waals surface area (Å²) in [5.74, 6) is 2.01. The van der Waals surface area contributed by atoms with Crippen LogP contribution in [0.4, 0.5) is 0 Å². The topological polar surface area (TPSA) is 26.3 Å². The van der Waals surface area contributed by atoms with Gasteiger partial charge in [-0.3, -0.25) is 4.79 Å². The molecule has 1 saturated carbocycles. The molecule has 0 spiro atoms. The molecule has 1 aromatic carbocycles. The van der Waals surface area contributed by atoms with Crippen molar-refractivity contribution in [2.75, 3.05) is 6.61 Å². The normalized spacial score (nSPS) is 28.7. The Bertz CT molecular complexity index is 532. The van der Waals surface area contributed by atoms with Crippen LogP contribution < -0.4 is 0 Å². The smallest absolute Gasteiger partial charge is 0.139 e. The molecular formula is C19H24O2. The van der Waals surface area contributed by atoms with Crippen LogP contribution >= 0.6 is 0 Å². The zero-order chi connectivity index (χ0) is 14.7. The van der Waals surface area contributed by atoms with Crippen molar-refractivity contribution >= 4 is 5.78 Å². The van der Waals surface area contributed by atoms with Crippen molar-refractivity contribution in [3.63, 3.8) is 0 Å². The quantitative estimate of drug-likeness (QED) is 0.824. The van der Waals surface area contributed by atoms with E-state index in [2.05, 4.69) is 30.3 Å². The minimum absolute atomic E-state index is 0.180. The number of allylic oxidation sites excluding steroid dienone is 2. The molecule has 0 bridgehead atoms. The number of ketones is 1. The molecule has 112 valence electrons. The van der Waals surface area contributed by atoms with Crippen LogP contribution in [0.25, 0.3) is 0 Å². The van der Waals surface area contributed by atoms with Gasteiger partial charge in [-0.2, -0.15) is 0 Å². The molecule has 1 fully saturated rings. The molecule has 0 amide bonds. The molecule has 2 aliphatic carbocycles. The van der Waals surface area contributed by atoms with Crippen molar-refractivity contribution in [1.29, 1.82) is 0 Å². The number of fused-ring (bicyclic) bond motifs is 1. The van der Waals surface area contributed by atoms with E-state index in [0.717, 1.165) is 50.9 Å². The van der Waals surface area contributed by atoms with E-state index in [-0.39, 0.29) is 5.41 Å². The molecule has 0 aromatic heterocycles. The number of carbonyl (C=O) groups excluding carboxylic acids is 1. The van der Waals surface area contributed by atoms with Crippen LogP contribution in [0.1, 0.15) is 44.6 Å². The third kappa shape index (κ3) is 2.76. The number of ether oxygens (including phenoxy) is 1. The summed E-state index contributed by atoms with van der Waals surface area (Å²) in [7, 11) is 0. The molecule has 2 atom stereocenters. The average molecular weight is 284 g/mol. The lowest BCUT2D eigenvalue weighted by molar-refractivity contribution is -0.136.